The van der Waals surface area contributed by atoms with Crippen LogP contribution in [0.15, 0.2) is 84.9 Å². The normalized spacial score (nSPS) is 10.1. The molecular formula is C23H22N2O4. The summed E-state index contributed by atoms with van der Waals surface area (Å²) >= 11 is 0. The molecule has 0 aliphatic heterocycles. The van der Waals surface area contributed by atoms with E-state index in [2.05, 4.69) is 10.9 Å². The van der Waals surface area contributed by atoms with Crippen molar-refractivity contribution in [3.63, 3.8) is 0 Å². The molecule has 3 aromatic rings. The van der Waals surface area contributed by atoms with Crippen molar-refractivity contribution in [1.29, 1.82) is 0 Å². The van der Waals surface area contributed by atoms with Crippen LogP contribution in [0, 0.1) is 0 Å². The van der Waals surface area contributed by atoms with Gasteiger partial charge in [0.05, 0.1) is 6.61 Å². The molecule has 0 saturated heterocycles. The maximum atomic E-state index is 12.2. The van der Waals surface area contributed by atoms with Crippen molar-refractivity contribution in [2.45, 2.75) is 6.42 Å². The minimum atomic E-state index is -0.461. The lowest BCUT2D eigenvalue weighted by Crippen LogP contribution is -2.43. The molecule has 29 heavy (non-hydrogen) atoms. The number of nitrogens with one attached hydrogen (secondary N) is 2. The van der Waals surface area contributed by atoms with E-state index >= 15 is 0 Å². The third kappa shape index (κ3) is 6.70. The molecule has 148 valence electrons. The van der Waals surface area contributed by atoms with Crippen LogP contribution >= 0.6 is 0 Å². The van der Waals surface area contributed by atoms with Gasteiger partial charge >= 0.3 is 0 Å². The predicted octanol–water partition coefficient (Wildman–Crippen LogP) is 3.15. The second-order valence-corrected chi connectivity index (χ2v) is 6.22. The first kappa shape index (κ1) is 19.9. The van der Waals surface area contributed by atoms with E-state index in [1.165, 1.54) is 5.56 Å². The van der Waals surface area contributed by atoms with E-state index in [1.807, 2.05) is 48.5 Å². The van der Waals surface area contributed by atoms with Crippen molar-refractivity contribution in [2.24, 2.45) is 0 Å². The topological polar surface area (TPSA) is 76.7 Å². The molecule has 3 rings (SSSR count). The number of hydrogen-bond acceptors (Lipinski definition) is 4. The highest BCUT2D eigenvalue weighted by atomic mass is 16.5. The minimum absolute atomic E-state index is 0.201. The van der Waals surface area contributed by atoms with Gasteiger partial charge in [-0.2, -0.15) is 0 Å². The molecule has 2 amide bonds. The lowest BCUT2D eigenvalue weighted by Gasteiger charge is -2.10. The fourth-order valence-corrected chi connectivity index (χ4v) is 2.56. The third-order valence-electron chi connectivity index (χ3n) is 4.03. The zero-order chi connectivity index (χ0) is 20.3. The summed E-state index contributed by atoms with van der Waals surface area (Å²) in [6.07, 6.45) is 0.773. The lowest BCUT2D eigenvalue weighted by atomic mass is 10.2. The summed E-state index contributed by atoms with van der Waals surface area (Å²) in [4.78, 5) is 24.1. The summed E-state index contributed by atoms with van der Waals surface area (Å²) in [5.41, 5.74) is 6.26. The van der Waals surface area contributed by atoms with Crippen LogP contribution in [-0.2, 0) is 11.2 Å². The Balaban J connectivity index is 1.43. The van der Waals surface area contributed by atoms with Gasteiger partial charge in [-0.25, -0.2) is 0 Å². The minimum Gasteiger partial charge on any atom is -0.493 e. The molecule has 6 nitrogen and oxygen atoms in total. The quantitative estimate of drug-likeness (QED) is 0.580. The highest BCUT2D eigenvalue weighted by molar-refractivity contribution is 5.95. The Hall–Kier alpha value is -3.80. The lowest BCUT2D eigenvalue weighted by molar-refractivity contribution is -0.123. The average Bonchev–Trinajstić information content (AvgIpc) is 2.77. The Morgan fingerprint density at radius 1 is 0.724 bits per heavy atom. The van der Waals surface area contributed by atoms with Crippen LogP contribution in [0.1, 0.15) is 15.9 Å². The molecule has 0 bridgehead atoms. The van der Waals surface area contributed by atoms with Gasteiger partial charge in [-0.15, -0.1) is 0 Å². The van der Waals surface area contributed by atoms with E-state index in [9.17, 15) is 9.59 Å². The molecule has 3 aromatic carbocycles. The number of hydrogen-bond donors (Lipinski definition) is 2. The van der Waals surface area contributed by atoms with E-state index in [0.29, 0.717) is 23.7 Å². The standard InChI is InChI=1S/C23H22N2O4/c26-22(17-29-20-11-5-2-6-12-20)24-25-23(27)19-10-7-13-21(16-19)28-15-14-18-8-3-1-4-9-18/h1-13,16H,14-15,17H2,(H,24,26)(H,25,27). The third-order valence-corrected chi connectivity index (χ3v) is 4.03. The van der Waals surface area contributed by atoms with Crippen molar-refractivity contribution < 1.29 is 19.1 Å². The van der Waals surface area contributed by atoms with Crippen LogP contribution in [0.25, 0.3) is 0 Å². The van der Waals surface area contributed by atoms with Crippen molar-refractivity contribution in [1.82, 2.24) is 10.9 Å². The van der Waals surface area contributed by atoms with Gasteiger partial charge in [0.25, 0.3) is 11.8 Å². The zero-order valence-corrected chi connectivity index (χ0v) is 15.8. The molecule has 0 unspecified atom stereocenters. The van der Waals surface area contributed by atoms with Gasteiger partial charge in [0, 0.05) is 12.0 Å². The van der Waals surface area contributed by atoms with Crippen molar-refractivity contribution >= 4 is 11.8 Å². The number of ether oxygens (including phenoxy) is 2. The Morgan fingerprint density at radius 2 is 1.41 bits per heavy atom. The van der Waals surface area contributed by atoms with E-state index in [0.717, 1.165) is 6.42 Å². The molecule has 0 aromatic heterocycles. The maximum Gasteiger partial charge on any atom is 0.276 e. The summed E-state index contributed by atoms with van der Waals surface area (Å²) in [7, 11) is 0. The molecule has 0 atom stereocenters. The van der Waals surface area contributed by atoms with Crippen LogP contribution in [0.2, 0.25) is 0 Å². The Labute approximate surface area is 169 Å². The second kappa shape index (κ2) is 10.5. The van der Waals surface area contributed by atoms with Gasteiger partial charge in [0.2, 0.25) is 0 Å². The number of hydrazine groups is 1. The largest absolute Gasteiger partial charge is 0.493 e. The van der Waals surface area contributed by atoms with E-state index < -0.39 is 11.8 Å². The number of carbonyl (C=O) groups is 2. The number of amides is 2. The molecule has 0 aliphatic rings. The van der Waals surface area contributed by atoms with Crippen LogP contribution in [0.4, 0.5) is 0 Å². The molecule has 0 fully saturated rings. The van der Waals surface area contributed by atoms with E-state index in [4.69, 9.17) is 9.47 Å². The summed E-state index contributed by atoms with van der Waals surface area (Å²) in [5.74, 6) is 0.269. The highest BCUT2D eigenvalue weighted by Gasteiger charge is 2.09. The van der Waals surface area contributed by atoms with Crippen molar-refractivity contribution in [2.75, 3.05) is 13.2 Å². The molecule has 0 saturated carbocycles. The van der Waals surface area contributed by atoms with Crippen LogP contribution in [0.3, 0.4) is 0 Å². The van der Waals surface area contributed by atoms with Gasteiger partial charge in [0.15, 0.2) is 6.61 Å². The van der Waals surface area contributed by atoms with Gasteiger partial charge in [0.1, 0.15) is 11.5 Å². The van der Waals surface area contributed by atoms with Crippen LogP contribution in [0.5, 0.6) is 11.5 Å². The maximum absolute atomic E-state index is 12.2. The zero-order valence-electron chi connectivity index (χ0n) is 15.8. The summed E-state index contributed by atoms with van der Waals surface area (Å²) in [6, 6.07) is 25.8. The van der Waals surface area contributed by atoms with Gasteiger partial charge < -0.3 is 9.47 Å². The van der Waals surface area contributed by atoms with Crippen LogP contribution in [-0.4, -0.2) is 25.0 Å². The smallest absolute Gasteiger partial charge is 0.276 e. The van der Waals surface area contributed by atoms with Crippen molar-refractivity contribution in [3.05, 3.63) is 96.1 Å². The van der Waals surface area contributed by atoms with E-state index in [-0.39, 0.29) is 6.61 Å². The fraction of sp³-hybridized carbons (Fsp3) is 0.130. The Morgan fingerprint density at radius 3 is 2.17 bits per heavy atom. The SMILES string of the molecule is O=C(COc1ccccc1)NNC(=O)c1cccc(OCCc2ccccc2)c1. The summed E-state index contributed by atoms with van der Waals surface area (Å²) in [5, 5.41) is 0. The predicted molar refractivity (Wildman–Crippen MR) is 110 cm³/mol. The van der Waals surface area contributed by atoms with Gasteiger partial charge in [-0.05, 0) is 35.9 Å². The number of benzene rings is 3. The highest BCUT2D eigenvalue weighted by Crippen LogP contribution is 2.14. The van der Waals surface area contributed by atoms with Crippen LogP contribution < -0.4 is 20.3 Å². The first-order valence-corrected chi connectivity index (χ1v) is 9.24. The molecule has 0 radical (unpaired) electrons. The van der Waals surface area contributed by atoms with E-state index in [1.54, 1.807) is 36.4 Å². The summed E-state index contributed by atoms with van der Waals surface area (Å²) in [6.45, 7) is 0.301. The Bertz CT molecular complexity index is 930. The van der Waals surface area contributed by atoms with Gasteiger partial charge in [-0.1, -0.05) is 54.6 Å². The fourth-order valence-electron chi connectivity index (χ4n) is 2.56. The number of carbonyl (C=O) groups excluding carboxylic acids is 2. The summed E-state index contributed by atoms with van der Waals surface area (Å²) < 4.78 is 11.0. The van der Waals surface area contributed by atoms with Crippen molar-refractivity contribution in [3.8, 4) is 11.5 Å². The Kier molecular flexibility index (Phi) is 7.23. The molecule has 0 spiro atoms. The monoisotopic (exact) mass is 390 g/mol. The van der Waals surface area contributed by atoms with Gasteiger partial charge in [-0.3, -0.25) is 20.4 Å². The second-order valence-electron chi connectivity index (χ2n) is 6.22. The molecule has 6 heteroatoms. The number of rotatable bonds is 8. The number of para-hydroxylation sites is 1. The molecule has 0 heterocycles. The first-order valence-electron chi connectivity index (χ1n) is 9.24. The average molecular weight is 390 g/mol. The first-order chi connectivity index (χ1) is 14.2. The molecule has 0 aliphatic carbocycles. The molecule has 2 N–H and O–H groups in total. The molecular weight excluding hydrogens is 368 g/mol.